The highest BCUT2D eigenvalue weighted by molar-refractivity contribution is 8.01. The van der Waals surface area contributed by atoms with Gasteiger partial charge in [0.2, 0.25) is 0 Å². The fraction of sp³-hybridized carbons (Fsp3) is 0.118. The summed E-state index contributed by atoms with van der Waals surface area (Å²) in [5, 5.41) is 14.6. The summed E-state index contributed by atoms with van der Waals surface area (Å²) in [6, 6.07) is 7.67. The highest BCUT2D eigenvalue weighted by Gasteiger charge is 2.28. The molecule has 1 N–H and O–H groups in total. The highest BCUT2D eigenvalue weighted by Crippen LogP contribution is 2.44. The fourth-order valence-electron chi connectivity index (χ4n) is 2.13. The van der Waals surface area contributed by atoms with Crippen LogP contribution in [0.5, 0.6) is 0 Å². The molecule has 0 radical (unpaired) electrons. The van der Waals surface area contributed by atoms with E-state index in [-0.39, 0.29) is 25.8 Å². The predicted octanol–water partition coefficient (Wildman–Crippen LogP) is 5.14. The summed E-state index contributed by atoms with van der Waals surface area (Å²) in [5.41, 5.74) is 2.02. The maximum Gasteiger partial charge on any atom is 0.389 e. The molecule has 0 aliphatic rings. The molecule has 0 spiro atoms. The molecular weight excluding hydrogens is 443 g/mol. The number of carbonyl (C=O) groups is 1. The lowest BCUT2D eigenvalue weighted by Crippen LogP contribution is -2.22. The van der Waals surface area contributed by atoms with Gasteiger partial charge in [-0.25, -0.2) is 0 Å². The van der Waals surface area contributed by atoms with Crippen LogP contribution in [-0.2, 0) is 6.54 Å². The first-order valence-corrected chi connectivity index (χ1v) is 10.2. The maximum atomic E-state index is 12.4. The standard InChI is InChI=1S/C17H12Cl2N4O3S2/c1-9-2-4-10(5-3-9)6-21-15(24)16-22-14(23(25)26)17(28-16)27-13-11(18)7-20-8-12(13)19/h2-5,7-8H,6H2,1H3,(H,21,24). The Hall–Kier alpha value is -2.20. The lowest BCUT2D eigenvalue weighted by atomic mass is 10.1. The van der Waals surface area contributed by atoms with Crippen molar-refractivity contribution in [1.82, 2.24) is 15.3 Å². The lowest BCUT2D eigenvalue weighted by Gasteiger charge is -2.03. The number of rotatable bonds is 6. The van der Waals surface area contributed by atoms with Crippen LogP contribution in [0.15, 0.2) is 45.8 Å². The maximum absolute atomic E-state index is 12.4. The van der Waals surface area contributed by atoms with Crippen molar-refractivity contribution >= 4 is 58.0 Å². The van der Waals surface area contributed by atoms with Crippen molar-refractivity contribution < 1.29 is 9.72 Å². The van der Waals surface area contributed by atoms with Crippen LogP contribution in [0.3, 0.4) is 0 Å². The Morgan fingerprint density at radius 2 is 1.89 bits per heavy atom. The lowest BCUT2D eigenvalue weighted by molar-refractivity contribution is -0.391. The van der Waals surface area contributed by atoms with Gasteiger partial charge in [0.1, 0.15) is 0 Å². The molecule has 0 atom stereocenters. The Balaban J connectivity index is 1.80. The third kappa shape index (κ3) is 4.79. The first-order valence-electron chi connectivity index (χ1n) is 7.81. The van der Waals surface area contributed by atoms with E-state index in [4.69, 9.17) is 23.2 Å². The zero-order valence-electron chi connectivity index (χ0n) is 14.3. The third-order valence-electron chi connectivity index (χ3n) is 3.52. The molecule has 0 aliphatic carbocycles. The topological polar surface area (TPSA) is 98.0 Å². The van der Waals surface area contributed by atoms with Crippen LogP contribution in [0, 0.1) is 17.0 Å². The molecule has 3 aromatic rings. The van der Waals surface area contributed by atoms with Crippen molar-refractivity contribution in [2.24, 2.45) is 0 Å². The van der Waals surface area contributed by atoms with Crippen molar-refractivity contribution in [2.45, 2.75) is 22.6 Å². The zero-order valence-corrected chi connectivity index (χ0v) is 17.5. The molecule has 0 bridgehead atoms. The molecule has 0 saturated heterocycles. The van der Waals surface area contributed by atoms with Crippen molar-refractivity contribution in [3.8, 4) is 0 Å². The van der Waals surface area contributed by atoms with Crippen LogP contribution in [0.1, 0.15) is 20.9 Å². The quantitative estimate of drug-likeness (QED) is 0.408. The van der Waals surface area contributed by atoms with Gasteiger partial charge in [-0.05, 0) is 22.4 Å². The van der Waals surface area contributed by atoms with Crippen molar-refractivity contribution in [3.05, 3.63) is 73.0 Å². The number of halogens is 2. The summed E-state index contributed by atoms with van der Waals surface area (Å²) < 4.78 is 0.209. The average molecular weight is 455 g/mol. The minimum absolute atomic E-state index is 0.0115. The second-order valence-electron chi connectivity index (χ2n) is 5.59. The number of nitrogens with zero attached hydrogens (tertiary/aromatic N) is 3. The Kier molecular flexibility index (Phi) is 6.50. The Morgan fingerprint density at radius 1 is 1.25 bits per heavy atom. The average Bonchev–Trinajstić information content (AvgIpc) is 3.08. The smallest absolute Gasteiger partial charge is 0.358 e. The van der Waals surface area contributed by atoms with E-state index in [0.29, 0.717) is 4.90 Å². The van der Waals surface area contributed by atoms with Gasteiger partial charge in [-0.2, -0.15) is 0 Å². The van der Waals surface area contributed by atoms with Gasteiger partial charge < -0.3 is 15.4 Å². The van der Waals surface area contributed by atoms with Gasteiger partial charge in [-0.3, -0.25) is 9.78 Å². The van der Waals surface area contributed by atoms with Gasteiger partial charge >= 0.3 is 11.7 Å². The molecule has 2 heterocycles. The number of hydrogen-bond acceptors (Lipinski definition) is 7. The number of thiazole rings is 1. The monoisotopic (exact) mass is 454 g/mol. The molecule has 2 aromatic heterocycles. The molecule has 144 valence electrons. The van der Waals surface area contributed by atoms with Crippen LogP contribution < -0.4 is 5.32 Å². The van der Waals surface area contributed by atoms with Gasteiger partial charge in [-0.15, -0.1) is 0 Å². The number of pyridine rings is 1. The molecule has 0 fully saturated rings. The number of aromatic nitrogens is 2. The van der Waals surface area contributed by atoms with Crippen molar-refractivity contribution in [1.29, 1.82) is 0 Å². The van der Waals surface area contributed by atoms with E-state index >= 15 is 0 Å². The SMILES string of the molecule is Cc1ccc(CNC(=O)c2nc([N+](=O)[O-])c(Sc3c(Cl)cncc3Cl)s2)cc1. The number of hydrogen-bond donors (Lipinski definition) is 1. The van der Waals surface area contributed by atoms with Crippen LogP contribution in [0.2, 0.25) is 10.0 Å². The summed E-state index contributed by atoms with van der Waals surface area (Å²) in [5.74, 6) is -0.910. The molecular formula is C17H12Cl2N4O3S2. The predicted molar refractivity (Wildman–Crippen MR) is 109 cm³/mol. The van der Waals surface area contributed by atoms with Crippen LogP contribution in [0.4, 0.5) is 5.82 Å². The highest BCUT2D eigenvalue weighted by atomic mass is 35.5. The molecule has 1 amide bonds. The summed E-state index contributed by atoms with van der Waals surface area (Å²) >= 11 is 14.0. The van der Waals surface area contributed by atoms with E-state index in [1.807, 2.05) is 31.2 Å². The second-order valence-corrected chi connectivity index (χ2v) is 8.68. The summed E-state index contributed by atoms with van der Waals surface area (Å²) in [7, 11) is 0. The fourth-order valence-corrected chi connectivity index (χ4v) is 4.76. The number of benzene rings is 1. The number of carbonyl (C=O) groups excluding carboxylic acids is 1. The molecule has 28 heavy (non-hydrogen) atoms. The van der Waals surface area contributed by atoms with Gasteiger partial charge in [0, 0.05) is 18.9 Å². The molecule has 0 aliphatic heterocycles. The molecule has 1 aromatic carbocycles. The number of amides is 1. The Morgan fingerprint density at radius 3 is 2.50 bits per heavy atom. The van der Waals surface area contributed by atoms with Gasteiger partial charge in [-0.1, -0.05) is 76.1 Å². The van der Waals surface area contributed by atoms with E-state index in [1.165, 1.54) is 12.4 Å². The minimum Gasteiger partial charge on any atom is -0.358 e. The normalized spacial score (nSPS) is 10.7. The number of nitrogens with one attached hydrogen (secondary N) is 1. The molecule has 0 saturated carbocycles. The second kappa shape index (κ2) is 8.87. The molecule has 3 rings (SSSR count). The Bertz CT molecular complexity index is 1020. The molecule has 11 heteroatoms. The van der Waals surface area contributed by atoms with E-state index in [1.54, 1.807) is 0 Å². The number of nitro groups is 1. The Labute approximate surface area is 178 Å². The van der Waals surface area contributed by atoms with Crippen molar-refractivity contribution in [2.75, 3.05) is 0 Å². The van der Waals surface area contributed by atoms with E-state index < -0.39 is 16.6 Å². The minimum atomic E-state index is -0.640. The van der Waals surface area contributed by atoms with E-state index in [9.17, 15) is 14.9 Å². The first kappa shape index (κ1) is 20.5. The zero-order chi connectivity index (χ0) is 20.3. The van der Waals surface area contributed by atoms with E-state index in [0.717, 1.165) is 34.2 Å². The molecule has 0 unspecified atom stereocenters. The third-order valence-corrected chi connectivity index (χ3v) is 6.67. The molecule has 7 nitrogen and oxygen atoms in total. The van der Waals surface area contributed by atoms with Crippen LogP contribution >= 0.6 is 46.3 Å². The summed E-state index contributed by atoms with van der Waals surface area (Å²) in [6.45, 7) is 2.26. The number of aryl methyl sites for hydroxylation is 1. The van der Waals surface area contributed by atoms with Crippen molar-refractivity contribution in [3.63, 3.8) is 0 Å². The summed E-state index contributed by atoms with van der Waals surface area (Å²) in [4.78, 5) is 31.3. The van der Waals surface area contributed by atoms with Crippen LogP contribution in [0.25, 0.3) is 0 Å². The van der Waals surface area contributed by atoms with Crippen LogP contribution in [-0.4, -0.2) is 20.8 Å². The first-order chi connectivity index (χ1) is 13.3. The largest absolute Gasteiger partial charge is 0.389 e. The van der Waals surface area contributed by atoms with Gasteiger partial charge in [0.15, 0.2) is 4.21 Å². The summed E-state index contributed by atoms with van der Waals surface area (Å²) in [6.07, 6.45) is 2.77. The van der Waals surface area contributed by atoms with Gasteiger partial charge in [0.25, 0.3) is 5.01 Å². The van der Waals surface area contributed by atoms with E-state index in [2.05, 4.69) is 15.3 Å². The van der Waals surface area contributed by atoms with Gasteiger partial charge in [0.05, 0.1) is 14.9 Å².